The molecule has 10 heteroatoms. The fourth-order valence-electron chi connectivity index (χ4n) is 4.73. The van der Waals surface area contributed by atoms with Gasteiger partial charge in [-0.3, -0.25) is 14.3 Å². The van der Waals surface area contributed by atoms with Crippen LogP contribution in [0, 0.1) is 0 Å². The van der Waals surface area contributed by atoms with Crippen molar-refractivity contribution in [3.05, 3.63) is 81.7 Å². The number of carboxylic acids is 1. The molecule has 40 heavy (non-hydrogen) atoms. The number of aromatic nitrogens is 2. The van der Waals surface area contributed by atoms with Crippen molar-refractivity contribution < 1.29 is 19.4 Å². The van der Waals surface area contributed by atoms with E-state index in [0.717, 1.165) is 39.0 Å². The quantitative estimate of drug-likeness (QED) is 0.212. The molecule has 0 radical (unpaired) electrons. The maximum absolute atomic E-state index is 12.6. The van der Waals surface area contributed by atoms with E-state index >= 15 is 0 Å². The first-order chi connectivity index (χ1) is 19.2. The third-order valence-corrected chi connectivity index (χ3v) is 8.75. The molecule has 206 valence electrons. The van der Waals surface area contributed by atoms with Gasteiger partial charge in [0.25, 0.3) is 5.91 Å². The van der Waals surface area contributed by atoms with Crippen LogP contribution in [-0.2, 0) is 9.59 Å². The minimum atomic E-state index is -0.948. The molecule has 1 aliphatic rings. The summed E-state index contributed by atoms with van der Waals surface area (Å²) in [5, 5.41) is 19.8. The van der Waals surface area contributed by atoms with Gasteiger partial charge in [0.15, 0.2) is 0 Å². The van der Waals surface area contributed by atoms with E-state index in [9.17, 15) is 9.59 Å². The molecule has 1 aliphatic heterocycles. The van der Waals surface area contributed by atoms with Crippen molar-refractivity contribution in [3.63, 3.8) is 0 Å². The molecule has 4 aromatic rings. The predicted octanol–water partition coefficient (Wildman–Crippen LogP) is 7.23. The zero-order valence-electron chi connectivity index (χ0n) is 21.9. The minimum Gasteiger partial charge on any atom is -0.497 e. The molecule has 2 unspecified atom stereocenters. The Morgan fingerprint density at radius 2 is 1.80 bits per heavy atom. The summed E-state index contributed by atoms with van der Waals surface area (Å²) < 4.78 is 7.38. The largest absolute Gasteiger partial charge is 0.497 e. The number of fused-ring (bicyclic) bond motifs is 1. The van der Waals surface area contributed by atoms with Crippen molar-refractivity contribution in [2.75, 3.05) is 13.7 Å². The number of hydrogen-bond acceptors (Lipinski definition) is 5. The highest BCUT2D eigenvalue weighted by Gasteiger charge is 2.30. The lowest BCUT2D eigenvalue weighted by Gasteiger charge is -2.22. The summed E-state index contributed by atoms with van der Waals surface area (Å²) in [5.41, 5.74) is 3.48. The third kappa shape index (κ3) is 6.14. The molecule has 5 rings (SSSR count). The molecule has 7 nitrogen and oxygen atoms in total. The first-order valence-electron chi connectivity index (χ1n) is 12.7. The summed E-state index contributed by atoms with van der Waals surface area (Å²) in [6, 6.07) is 19.6. The molecule has 0 spiro atoms. The number of carbonyl (C=O) groups is 2. The number of carboxylic acid groups (broad SMARTS) is 1. The van der Waals surface area contributed by atoms with E-state index in [1.165, 1.54) is 11.8 Å². The highest BCUT2D eigenvalue weighted by Crippen LogP contribution is 2.41. The molecule has 2 N–H and O–H groups in total. The number of methoxy groups -OCH3 is 1. The predicted molar refractivity (Wildman–Crippen MR) is 161 cm³/mol. The molecule has 3 aromatic carbocycles. The van der Waals surface area contributed by atoms with Crippen LogP contribution in [0.15, 0.2) is 71.6 Å². The summed E-state index contributed by atoms with van der Waals surface area (Å²) in [7, 11) is 1.65. The molecule has 0 aliphatic carbocycles. The van der Waals surface area contributed by atoms with E-state index in [1.54, 1.807) is 13.2 Å². The second kappa shape index (κ2) is 12.0. The zero-order valence-corrected chi connectivity index (χ0v) is 24.2. The van der Waals surface area contributed by atoms with Gasteiger partial charge in [-0.2, -0.15) is 5.10 Å². The van der Waals surface area contributed by atoms with Gasteiger partial charge < -0.3 is 15.2 Å². The van der Waals surface area contributed by atoms with Gasteiger partial charge in [-0.1, -0.05) is 47.5 Å². The second-order valence-electron chi connectivity index (χ2n) is 9.55. The molecular formula is C30H27Cl2N3O4S. The van der Waals surface area contributed by atoms with Crippen LogP contribution >= 0.6 is 35.0 Å². The van der Waals surface area contributed by atoms with Crippen LogP contribution in [0.5, 0.6) is 5.75 Å². The Bertz CT molecular complexity index is 1610. The Kier molecular flexibility index (Phi) is 8.40. The molecule has 0 saturated carbocycles. The number of rotatable bonds is 9. The number of ether oxygens (including phenoxy) is 1. The van der Waals surface area contributed by atoms with Gasteiger partial charge in [-0.15, -0.1) is 11.8 Å². The fourth-order valence-corrected chi connectivity index (χ4v) is 6.45. The SMILES string of the molecule is COc1ccc2cc(-c3cc(-c4cc(Cl)cc(Cl)c4)nn3C(C)C3CC=C(C(=O)NCCC(=O)O)S3)ccc2c1. The molecule has 1 amide bonds. The molecule has 0 saturated heterocycles. The van der Waals surface area contributed by atoms with Crippen molar-refractivity contribution in [3.8, 4) is 28.3 Å². The smallest absolute Gasteiger partial charge is 0.305 e. The number of aliphatic carboxylic acids is 1. The maximum atomic E-state index is 12.6. The van der Waals surface area contributed by atoms with Crippen LogP contribution in [-0.4, -0.2) is 45.7 Å². The third-order valence-electron chi connectivity index (χ3n) is 6.82. The summed E-state index contributed by atoms with van der Waals surface area (Å²) in [4.78, 5) is 24.0. The van der Waals surface area contributed by atoms with Gasteiger partial charge in [0, 0.05) is 33.0 Å². The highest BCUT2D eigenvalue weighted by atomic mass is 35.5. The fraction of sp³-hybridized carbons (Fsp3) is 0.233. The number of nitrogens with zero attached hydrogens (tertiary/aromatic N) is 2. The van der Waals surface area contributed by atoms with Gasteiger partial charge >= 0.3 is 5.97 Å². The van der Waals surface area contributed by atoms with Crippen molar-refractivity contribution in [2.45, 2.75) is 31.1 Å². The molecule has 2 heterocycles. The first-order valence-corrected chi connectivity index (χ1v) is 14.4. The Labute approximate surface area is 246 Å². The average Bonchev–Trinajstić information content (AvgIpc) is 3.60. The number of thioether (sulfide) groups is 1. The number of hydrogen-bond donors (Lipinski definition) is 2. The van der Waals surface area contributed by atoms with Gasteiger partial charge in [-0.25, -0.2) is 0 Å². The van der Waals surface area contributed by atoms with E-state index in [0.29, 0.717) is 21.4 Å². The van der Waals surface area contributed by atoms with Crippen LogP contribution in [0.3, 0.4) is 0 Å². The summed E-state index contributed by atoms with van der Waals surface area (Å²) in [5.74, 6) is -0.399. The number of nitrogens with one attached hydrogen (secondary N) is 1. The number of benzene rings is 3. The zero-order chi connectivity index (χ0) is 28.4. The standard InChI is InChI=1S/C30H27Cl2N3O4S/c1-17(27-7-8-28(40-27)30(38)33-10-9-29(36)37)35-26(16-25(34-35)21-12-22(31)15-23(32)13-21)20-4-3-19-14-24(39-2)6-5-18(19)11-20/h3-6,8,11-17,27H,7,9-10H2,1-2H3,(H,33,38)(H,36,37). The van der Waals surface area contributed by atoms with Gasteiger partial charge in [0.05, 0.1) is 35.9 Å². The van der Waals surface area contributed by atoms with Gasteiger partial charge in [0.1, 0.15) is 5.75 Å². The summed E-state index contributed by atoms with van der Waals surface area (Å²) in [6.45, 7) is 2.18. The molecule has 0 fully saturated rings. The first kappa shape index (κ1) is 28.1. The number of allylic oxidation sites excluding steroid dienone is 1. The van der Waals surface area contributed by atoms with Gasteiger partial charge in [0.2, 0.25) is 0 Å². The highest BCUT2D eigenvalue weighted by molar-refractivity contribution is 8.04. The maximum Gasteiger partial charge on any atom is 0.305 e. The normalized spacial score (nSPS) is 15.6. The lowest BCUT2D eigenvalue weighted by molar-refractivity contribution is -0.136. The number of halogens is 2. The van der Waals surface area contributed by atoms with Crippen LogP contribution in [0.1, 0.15) is 25.8 Å². The molecule has 1 aromatic heterocycles. The van der Waals surface area contributed by atoms with E-state index in [2.05, 4.69) is 30.4 Å². The van der Waals surface area contributed by atoms with Crippen molar-refractivity contribution in [2.24, 2.45) is 0 Å². The Balaban J connectivity index is 1.48. The van der Waals surface area contributed by atoms with Crippen molar-refractivity contribution >= 4 is 57.6 Å². The minimum absolute atomic E-state index is 0.0550. The van der Waals surface area contributed by atoms with Crippen molar-refractivity contribution in [1.29, 1.82) is 0 Å². The van der Waals surface area contributed by atoms with E-state index < -0.39 is 5.97 Å². The summed E-state index contributed by atoms with van der Waals surface area (Å²) >= 11 is 14.1. The molecule has 0 bridgehead atoms. The van der Waals surface area contributed by atoms with E-state index in [-0.39, 0.29) is 30.2 Å². The Hall–Kier alpha value is -3.46. The van der Waals surface area contributed by atoms with E-state index in [4.69, 9.17) is 38.1 Å². The Morgan fingerprint density at radius 1 is 1.07 bits per heavy atom. The Morgan fingerprint density at radius 3 is 2.52 bits per heavy atom. The van der Waals surface area contributed by atoms with Gasteiger partial charge in [-0.05, 0) is 66.6 Å². The van der Waals surface area contributed by atoms with Crippen molar-refractivity contribution in [1.82, 2.24) is 15.1 Å². The molecular weight excluding hydrogens is 569 g/mol. The van der Waals surface area contributed by atoms with Crippen LogP contribution in [0.2, 0.25) is 10.0 Å². The van der Waals surface area contributed by atoms with Crippen LogP contribution in [0.25, 0.3) is 33.3 Å². The average molecular weight is 597 g/mol. The van der Waals surface area contributed by atoms with Crippen LogP contribution in [0.4, 0.5) is 0 Å². The lowest BCUT2D eigenvalue weighted by atomic mass is 10.0. The van der Waals surface area contributed by atoms with E-state index in [1.807, 2.05) is 47.2 Å². The topological polar surface area (TPSA) is 93.5 Å². The summed E-state index contributed by atoms with van der Waals surface area (Å²) in [6.07, 6.45) is 2.48. The number of carbonyl (C=O) groups excluding carboxylic acids is 1. The second-order valence-corrected chi connectivity index (χ2v) is 11.7. The lowest BCUT2D eigenvalue weighted by Crippen LogP contribution is -2.26. The number of amides is 1. The monoisotopic (exact) mass is 595 g/mol. The molecule has 2 atom stereocenters. The van der Waals surface area contributed by atoms with Crippen LogP contribution < -0.4 is 10.1 Å².